The van der Waals surface area contributed by atoms with Crippen LogP contribution in [0.2, 0.25) is 0 Å². The van der Waals surface area contributed by atoms with Gasteiger partial charge in [-0.3, -0.25) is 0 Å². The summed E-state index contributed by atoms with van der Waals surface area (Å²) in [6, 6.07) is 0. The largest absolute Gasteiger partial charge is 0.392 e. The SMILES string of the molecule is CCC(C)C1C(O)C2(C)C(C)C3C(O)C4C(C)C(C5CCCCC5)CC(CC)C4C[C@]3(C)CC2(C)[C@@H](C(C)C)[C@H]1C. The molecule has 0 radical (unpaired) electrons. The molecule has 0 aromatic carbocycles. The maximum Gasteiger partial charge on any atom is 0.0635 e. The molecule has 2 nitrogen and oxygen atoms in total. The summed E-state index contributed by atoms with van der Waals surface area (Å²) < 4.78 is 0. The molecule has 0 saturated heterocycles. The fourth-order valence-electron chi connectivity index (χ4n) is 14.6. The molecule has 0 aromatic heterocycles. The second-order valence-corrected chi connectivity index (χ2v) is 18.1. The van der Waals surface area contributed by atoms with Gasteiger partial charge in [0.2, 0.25) is 0 Å². The van der Waals surface area contributed by atoms with Gasteiger partial charge in [0, 0.05) is 5.41 Å². The van der Waals surface area contributed by atoms with E-state index in [1.54, 1.807) is 0 Å². The van der Waals surface area contributed by atoms with E-state index < -0.39 is 0 Å². The van der Waals surface area contributed by atoms with Crippen LogP contribution in [0.15, 0.2) is 0 Å². The van der Waals surface area contributed by atoms with E-state index >= 15 is 0 Å². The van der Waals surface area contributed by atoms with Gasteiger partial charge in [0.15, 0.2) is 0 Å². The monoisotopic (exact) mass is 571 g/mol. The average molecular weight is 571 g/mol. The van der Waals surface area contributed by atoms with Gasteiger partial charge >= 0.3 is 0 Å². The van der Waals surface area contributed by atoms with Gasteiger partial charge in [0.05, 0.1) is 12.2 Å². The van der Waals surface area contributed by atoms with E-state index in [0.717, 1.165) is 24.2 Å². The first-order chi connectivity index (χ1) is 19.2. The second-order valence-electron chi connectivity index (χ2n) is 18.1. The summed E-state index contributed by atoms with van der Waals surface area (Å²) in [6.07, 6.45) is 12.8. The van der Waals surface area contributed by atoms with Gasteiger partial charge in [0.1, 0.15) is 0 Å². The molecule has 0 amide bonds. The topological polar surface area (TPSA) is 40.5 Å². The number of hydrogen-bond acceptors (Lipinski definition) is 2. The molecule has 0 bridgehead atoms. The molecule has 0 aromatic rings. The minimum absolute atomic E-state index is 0.0633. The van der Waals surface area contributed by atoms with Crippen molar-refractivity contribution < 1.29 is 10.2 Å². The van der Waals surface area contributed by atoms with Crippen molar-refractivity contribution in [2.75, 3.05) is 0 Å². The highest BCUT2D eigenvalue weighted by atomic mass is 16.3. The predicted octanol–water partition coefficient (Wildman–Crippen LogP) is 9.87. The fourth-order valence-corrected chi connectivity index (χ4v) is 14.6. The lowest BCUT2D eigenvalue weighted by atomic mass is 9.31. The maximum atomic E-state index is 12.8. The van der Waals surface area contributed by atoms with Crippen molar-refractivity contribution in [2.45, 2.75) is 153 Å². The van der Waals surface area contributed by atoms with Crippen LogP contribution >= 0.6 is 0 Å². The summed E-state index contributed by atoms with van der Waals surface area (Å²) in [7, 11) is 0. The third kappa shape index (κ3) is 4.58. The molecule has 13 unspecified atom stereocenters. The Hall–Kier alpha value is -0.0800. The van der Waals surface area contributed by atoms with Crippen LogP contribution in [0.1, 0.15) is 140 Å². The summed E-state index contributed by atoms with van der Waals surface area (Å²) in [4.78, 5) is 0. The number of rotatable bonds is 5. The molecular weight excluding hydrogens is 500 g/mol. The van der Waals surface area contributed by atoms with Crippen LogP contribution < -0.4 is 0 Å². The second kappa shape index (κ2) is 11.4. The van der Waals surface area contributed by atoms with E-state index in [2.05, 4.69) is 76.2 Å². The zero-order valence-corrected chi connectivity index (χ0v) is 29.1. The van der Waals surface area contributed by atoms with Crippen LogP contribution in [-0.2, 0) is 0 Å². The quantitative estimate of drug-likeness (QED) is 0.345. The normalized spacial score (nSPS) is 55.2. The Bertz CT molecular complexity index is 907. The number of fused-ring (bicyclic) bond motifs is 3. The van der Waals surface area contributed by atoms with E-state index in [-0.39, 0.29) is 34.4 Å². The van der Waals surface area contributed by atoms with E-state index in [4.69, 9.17) is 0 Å². The van der Waals surface area contributed by atoms with Crippen LogP contribution in [-0.4, -0.2) is 22.4 Å². The molecule has 238 valence electrons. The first-order valence-electron chi connectivity index (χ1n) is 18.6. The number of hydrogen-bond donors (Lipinski definition) is 2. The molecule has 16 atom stereocenters. The van der Waals surface area contributed by atoms with E-state index in [1.807, 2.05) is 0 Å². The minimum atomic E-state index is -0.306. The lowest BCUT2D eigenvalue weighted by Crippen LogP contribution is -2.73. The zero-order chi connectivity index (χ0) is 30.2. The summed E-state index contributed by atoms with van der Waals surface area (Å²) in [5.74, 6) is 7.27. The molecule has 5 aliphatic carbocycles. The van der Waals surface area contributed by atoms with E-state index in [1.165, 1.54) is 57.8 Å². The Labute approximate surface area is 255 Å². The highest BCUT2D eigenvalue weighted by molar-refractivity contribution is 5.21. The van der Waals surface area contributed by atoms with Gasteiger partial charge < -0.3 is 10.2 Å². The third-order valence-corrected chi connectivity index (χ3v) is 16.4. The van der Waals surface area contributed by atoms with Gasteiger partial charge in [0.25, 0.3) is 0 Å². The highest BCUT2D eigenvalue weighted by Gasteiger charge is 2.73. The molecule has 0 heterocycles. The lowest BCUT2D eigenvalue weighted by Gasteiger charge is -2.74. The standard InChI is InChI=1S/C39H70O2/c1-12-23(5)31-25(7)33(22(3)4)38(10)21-37(9)20-30-27(13-2)19-29(28-17-15-14-16-18-28)24(6)32(30)35(40)34(37)26(8)39(38,11)36(31)41/h22-36,40-41H,12-21H2,1-11H3/t23?,24?,25-,26?,27?,29?,30?,31?,32?,33-,34?,35?,36?,37+,38?,39?/m0/s1. The highest BCUT2D eigenvalue weighted by Crippen LogP contribution is 2.75. The molecule has 5 saturated carbocycles. The Balaban J connectivity index is 1.57. The molecule has 2 heteroatoms. The molecule has 2 N–H and O–H groups in total. The Kier molecular flexibility index (Phi) is 8.96. The molecular formula is C39H70O2. The smallest absolute Gasteiger partial charge is 0.0635 e. The Morgan fingerprint density at radius 3 is 2.05 bits per heavy atom. The molecule has 5 aliphatic rings. The van der Waals surface area contributed by atoms with Crippen LogP contribution in [0, 0.1) is 93.2 Å². The Morgan fingerprint density at radius 2 is 1.49 bits per heavy atom. The minimum Gasteiger partial charge on any atom is -0.392 e. The first-order valence-corrected chi connectivity index (χ1v) is 18.6. The van der Waals surface area contributed by atoms with Crippen molar-refractivity contribution in [1.29, 1.82) is 0 Å². The van der Waals surface area contributed by atoms with Crippen molar-refractivity contribution >= 4 is 0 Å². The average Bonchev–Trinajstić information content (AvgIpc) is 2.91. The number of aliphatic hydroxyl groups excluding tert-OH is 2. The van der Waals surface area contributed by atoms with Gasteiger partial charge in [-0.25, -0.2) is 0 Å². The van der Waals surface area contributed by atoms with Crippen LogP contribution in [0.5, 0.6) is 0 Å². The van der Waals surface area contributed by atoms with Crippen molar-refractivity contribution in [1.82, 2.24) is 0 Å². The number of aliphatic hydroxyl groups is 2. The first kappa shape index (κ1) is 32.3. The lowest BCUT2D eigenvalue weighted by molar-refractivity contribution is -0.301. The predicted molar refractivity (Wildman–Crippen MR) is 173 cm³/mol. The van der Waals surface area contributed by atoms with Crippen LogP contribution in [0.4, 0.5) is 0 Å². The van der Waals surface area contributed by atoms with Crippen LogP contribution in [0.25, 0.3) is 0 Å². The van der Waals surface area contributed by atoms with E-state index in [0.29, 0.717) is 53.3 Å². The van der Waals surface area contributed by atoms with Crippen molar-refractivity contribution in [3.8, 4) is 0 Å². The summed E-state index contributed by atoms with van der Waals surface area (Å²) in [5.41, 5.74) is 0.00798. The zero-order valence-electron chi connectivity index (χ0n) is 29.1. The van der Waals surface area contributed by atoms with Gasteiger partial charge in [-0.05, 0) is 107 Å². The molecule has 5 fully saturated rings. The fraction of sp³-hybridized carbons (Fsp3) is 1.00. The Morgan fingerprint density at radius 1 is 0.854 bits per heavy atom. The maximum absolute atomic E-state index is 12.8. The van der Waals surface area contributed by atoms with Crippen molar-refractivity contribution in [3.63, 3.8) is 0 Å². The molecule has 5 rings (SSSR count). The van der Waals surface area contributed by atoms with Crippen LogP contribution in [0.3, 0.4) is 0 Å². The third-order valence-electron chi connectivity index (χ3n) is 16.4. The van der Waals surface area contributed by atoms with Gasteiger partial charge in [-0.2, -0.15) is 0 Å². The molecule has 41 heavy (non-hydrogen) atoms. The molecule has 0 aliphatic heterocycles. The van der Waals surface area contributed by atoms with Crippen molar-refractivity contribution in [3.05, 3.63) is 0 Å². The summed E-state index contributed by atoms with van der Waals surface area (Å²) >= 11 is 0. The van der Waals surface area contributed by atoms with Gasteiger partial charge in [-0.15, -0.1) is 0 Å². The van der Waals surface area contributed by atoms with E-state index in [9.17, 15) is 10.2 Å². The van der Waals surface area contributed by atoms with Crippen molar-refractivity contribution in [2.24, 2.45) is 93.2 Å². The molecule has 0 spiro atoms. The van der Waals surface area contributed by atoms with Gasteiger partial charge in [-0.1, -0.05) is 121 Å². The summed E-state index contributed by atoms with van der Waals surface area (Å²) in [5, 5.41) is 25.4. The summed E-state index contributed by atoms with van der Waals surface area (Å²) in [6.45, 7) is 27.3.